The summed E-state index contributed by atoms with van der Waals surface area (Å²) in [5.41, 5.74) is 0.549. The van der Waals surface area contributed by atoms with Gasteiger partial charge in [0.25, 0.3) is 0 Å². The van der Waals surface area contributed by atoms with E-state index in [1.54, 1.807) is 0 Å². The van der Waals surface area contributed by atoms with Crippen molar-refractivity contribution in [2.24, 2.45) is 5.92 Å². The molecule has 30 heavy (non-hydrogen) atoms. The summed E-state index contributed by atoms with van der Waals surface area (Å²) >= 11 is 0. The van der Waals surface area contributed by atoms with E-state index in [0.717, 1.165) is 26.2 Å². The molecule has 5 heteroatoms. The number of hydrogen-bond acceptors (Lipinski definition) is 4. The van der Waals surface area contributed by atoms with E-state index in [2.05, 4.69) is 91.2 Å². The Morgan fingerprint density at radius 1 is 1.03 bits per heavy atom. The fourth-order valence-corrected chi connectivity index (χ4v) is 8.79. The van der Waals surface area contributed by atoms with Gasteiger partial charge in [-0.1, -0.05) is 78.0 Å². The highest BCUT2D eigenvalue weighted by Gasteiger charge is 2.40. The van der Waals surface area contributed by atoms with Crippen molar-refractivity contribution in [3.8, 4) is 0 Å². The van der Waals surface area contributed by atoms with Crippen molar-refractivity contribution in [1.29, 1.82) is 0 Å². The zero-order valence-corrected chi connectivity index (χ0v) is 20.2. The molecule has 162 valence electrons. The second-order valence-corrected chi connectivity index (χ2v) is 12.5. The molecular formula is C25H36N2O2Si. The third-order valence-corrected chi connectivity index (χ3v) is 9.75. The Bertz CT molecular complexity index is 767. The number of carbonyl (C=O) groups excluding carboxylic acids is 1. The van der Waals surface area contributed by atoms with E-state index in [-0.39, 0.29) is 17.4 Å². The van der Waals surface area contributed by atoms with Crippen molar-refractivity contribution < 1.29 is 9.53 Å². The molecule has 0 spiro atoms. The van der Waals surface area contributed by atoms with Crippen LogP contribution in [0.4, 0.5) is 0 Å². The molecule has 1 aliphatic rings. The number of rotatable bonds is 6. The summed E-state index contributed by atoms with van der Waals surface area (Å²) in [7, 11) is -0.0579. The average molecular weight is 425 g/mol. The summed E-state index contributed by atoms with van der Waals surface area (Å²) in [5.74, 6) is -0.227. The van der Waals surface area contributed by atoms with Gasteiger partial charge >= 0.3 is 5.97 Å². The van der Waals surface area contributed by atoms with Gasteiger partial charge in [0.05, 0.1) is 13.0 Å². The number of piperazine rings is 1. The number of ether oxygens (including phenoxy) is 1. The van der Waals surface area contributed by atoms with E-state index in [1.165, 1.54) is 17.5 Å². The lowest BCUT2D eigenvalue weighted by Gasteiger charge is -2.51. The van der Waals surface area contributed by atoms with Crippen LogP contribution >= 0.6 is 0 Å². The van der Waals surface area contributed by atoms with Crippen LogP contribution in [0, 0.1) is 5.92 Å². The molecule has 3 rings (SSSR count). The Balaban J connectivity index is 1.96. The topological polar surface area (TPSA) is 32.8 Å². The van der Waals surface area contributed by atoms with Crippen molar-refractivity contribution in [3.63, 3.8) is 0 Å². The van der Waals surface area contributed by atoms with Gasteiger partial charge in [0.2, 0.25) is 0 Å². The molecule has 1 saturated heterocycles. The number of hydrogen-bond donors (Lipinski definition) is 0. The lowest BCUT2D eigenvalue weighted by molar-refractivity contribution is -0.145. The molecule has 0 radical (unpaired) electrons. The molecule has 0 bridgehead atoms. The molecule has 1 aliphatic heterocycles. The smallest absolute Gasteiger partial charge is 0.309 e. The molecule has 2 aromatic carbocycles. The van der Waals surface area contributed by atoms with Gasteiger partial charge in [0.15, 0.2) is 0 Å². The first-order valence-electron chi connectivity index (χ1n) is 11.0. The van der Waals surface area contributed by atoms with Crippen molar-refractivity contribution in [3.05, 3.63) is 60.7 Å². The van der Waals surface area contributed by atoms with Crippen LogP contribution in [0.25, 0.3) is 0 Å². The maximum absolute atomic E-state index is 12.0. The highest BCUT2D eigenvalue weighted by atomic mass is 28.3. The zero-order valence-electron chi connectivity index (χ0n) is 19.0. The van der Waals surface area contributed by atoms with Crippen molar-refractivity contribution in [2.45, 2.75) is 38.9 Å². The minimum atomic E-state index is -1.54. The monoisotopic (exact) mass is 424 g/mol. The summed E-state index contributed by atoms with van der Waals surface area (Å²) in [6.45, 7) is 12.7. The molecule has 0 aromatic heterocycles. The average Bonchev–Trinajstić information content (AvgIpc) is 2.74. The predicted molar refractivity (Wildman–Crippen MR) is 127 cm³/mol. The third-order valence-electron chi connectivity index (χ3n) is 6.20. The number of nitrogens with zero attached hydrogens (tertiary/aromatic N) is 2. The Morgan fingerprint density at radius 2 is 1.57 bits per heavy atom. The van der Waals surface area contributed by atoms with E-state index in [1.807, 2.05) is 6.92 Å². The molecule has 0 N–H and O–H groups in total. The highest BCUT2D eigenvalue weighted by Crippen LogP contribution is 2.24. The van der Waals surface area contributed by atoms with Crippen LogP contribution in [0.3, 0.4) is 0 Å². The third kappa shape index (κ3) is 5.39. The normalized spacial score (nSPS) is 19.6. The van der Waals surface area contributed by atoms with E-state index in [9.17, 15) is 4.79 Å². The SMILES string of the molecule is COC(=O)C(C)CN1CCN(C(C)(C)C)C([SiH](c2ccccc2)c2ccccc2)C1. The molecule has 2 atom stereocenters. The van der Waals surface area contributed by atoms with Crippen molar-refractivity contribution >= 4 is 25.1 Å². The Morgan fingerprint density at radius 3 is 2.03 bits per heavy atom. The Kier molecular flexibility index (Phi) is 7.50. The van der Waals surface area contributed by atoms with Crippen LogP contribution in [0.2, 0.25) is 0 Å². The maximum atomic E-state index is 12.0. The molecule has 0 aliphatic carbocycles. The lowest BCUT2D eigenvalue weighted by atomic mass is 10.0. The second kappa shape index (κ2) is 9.90. The quantitative estimate of drug-likeness (QED) is 0.526. The van der Waals surface area contributed by atoms with Gasteiger partial charge in [-0.05, 0) is 20.8 Å². The van der Waals surface area contributed by atoms with Crippen LogP contribution in [0.5, 0.6) is 0 Å². The molecule has 0 saturated carbocycles. The van der Waals surface area contributed by atoms with E-state index in [0.29, 0.717) is 5.67 Å². The molecule has 1 heterocycles. The van der Waals surface area contributed by atoms with Gasteiger partial charge in [-0.3, -0.25) is 14.6 Å². The van der Waals surface area contributed by atoms with Crippen molar-refractivity contribution in [1.82, 2.24) is 9.80 Å². The first kappa shape index (κ1) is 22.7. The fourth-order valence-electron chi connectivity index (χ4n) is 4.77. The predicted octanol–water partition coefficient (Wildman–Crippen LogP) is 2.16. The number of carbonyl (C=O) groups is 1. The molecule has 2 unspecified atom stereocenters. The number of benzene rings is 2. The van der Waals surface area contributed by atoms with E-state index >= 15 is 0 Å². The van der Waals surface area contributed by atoms with Crippen LogP contribution < -0.4 is 10.4 Å². The summed E-state index contributed by atoms with van der Waals surface area (Å²) in [4.78, 5) is 17.2. The second-order valence-electron chi connectivity index (χ2n) is 9.41. The molecule has 1 fully saturated rings. The molecular weight excluding hydrogens is 388 g/mol. The maximum Gasteiger partial charge on any atom is 0.309 e. The van der Waals surface area contributed by atoms with E-state index < -0.39 is 8.80 Å². The van der Waals surface area contributed by atoms with Gasteiger partial charge < -0.3 is 4.74 Å². The Hall–Kier alpha value is -1.95. The van der Waals surface area contributed by atoms with Crippen LogP contribution in [-0.2, 0) is 9.53 Å². The van der Waals surface area contributed by atoms with Gasteiger partial charge in [-0.2, -0.15) is 0 Å². The van der Waals surface area contributed by atoms with Gasteiger partial charge in [0, 0.05) is 37.4 Å². The summed E-state index contributed by atoms with van der Waals surface area (Å²) in [6, 6.07) is 22.1. The van der Waals surface area contributed by atoms with E-state index in [4.69, 9.17) is 4.74 Å². The van der Waals surface area contributed by atoms with Gasteiger partial charge in [-0.25, -0.2) is 0 Å². The van der Waals surface area contributed by atoms with Crippen molar-refractivity contribution in [2.75, 3.05) is 33.3 Å². The van der Waals surface area contributed by atoms with Gasteiger partial charge in [-0.15, -0.1) is 0 Å². The first-order chi connectivity index (χ1) is 14.3. The largest absolute Gasteiger partial charge is 0.469 e. The number of methoxy groups -OCH3 is 1. The zero-order chi connectivity index (χ0) is 21.7. The minimum Gasteiger partial charge on any atom is -0.469 e. The molecule has 4 nitrogen and oxygen atoms in total. The fraction of sp³-hybridized carbons (Fsp3) is 0.480. The van der Waals surface area contributed by atoms with Crippen LogP contribution in [0.15, 0.2) is 60.7 Å². The first-order valence-corrected chi connectivity index (χ1v) is 12.8. The Labute approximate surface area is 183 Å². The number of esters is 1. The van der Waals surface area contributed by atoms with Gasteiger partial charge in [0.1, 0.15) is 8.80 Å². The molecule has 0 amide bonds. The lowest BCUT2D eigenvalue weighted by Crippen LogP contribution is -2.69. The summed E-state index contributed by atoms with van der Waals surface area (Å²) < 4.78 is 4.97. The minimum absolute atomic E-state index is 0.0968. The molecule has 2 aromatic rings. The highest BCUT2D eigenvalue weighted by molar-refractivity contribution is 6.86. The summed E-state index contributed by atoms with van der Waals surface area (Å²) in [5, 5.41) is 2.96. The van der Waals surface area contributed by atoms with Crippen LogP contribution in [-0.4, -0.2) is 69.1 Å². The van der Waals surface area contributed by atoms with Crippen LogP contribution in [0.1, 0.15) is 27.7 Å². The standard InChI is InChI=1S/C25H36N2O2Si/c1-20(24(28)29-5)18-26-16-17-27(25(2,3)4)23(19-26)30(21-12-8-6-9-13-21)22-14-10-7-11-15-22/h6-15,20,23,30H,16-19H2,1-5H3. The summed E-state index contributed by atoms with van der Waals surface area (Å²) in [6.07, 6.45) is 0.